The van der Waals surface area contributed by atoms with E-state index in [0.29, 0.717) is 0 Å². The monoisotopic (exact) mass is 311 g/mol. The first-order valence-electron chi connectivity index (χ1n) is 6.49. The van der Waals surface area contributed by atoms with Gasteiger partial charge in [0.05, 0.1) is 48.8 Å². The van der Waals surface area contributed by atoms with Gasteiger partial charge in [-0.2, -0.15) is 15.8 Å². The molecule has 0 unspecified atom stereocenters. The van der Waals surface area contributed by atoms with E-state index in [4.69, 9.17) is 15.3 Å². The molecule has 1 aromatic carbocycles. The van der Waals surface area contributed by atoms with Crippen LogP contribution in [0.25, 0.3) is 0 Å². The minimum Gasteiger partial charge on any atom is -0.469 e. The molecule has 0 heterocycles. The Bertz CT molecular complexity index is 765. The molecule has 0 aliphatic heterocycles. The van der Waals surface area contributed by atoms with E-state index in [-0.39, 0.29) is 22.3 Å². The smallest absolute Gasteiger partial charge is 0.314 e. The Labute approximate surface area is 133 Å². The lowest BCUT2D eigenvalue weighted by Gasteiger charge is -2.21. The number of carbonyl (C=O) groups excluding carboxylic acids is 2. The van der Waals surface area contributed by atoms with Crippen molar-refractivity contribution in [3.05, 3.63) is 34.4 Å². The summed E-state index contributed by atoms with van der Waals surface area (Å²) in [5.74, 6) is -3.46. The van der Waals surface area contributed by atoms with E-state index in [1.807, 2.05) is 18.2 Å². The maximum Gasteiger partial charge on any atom is 0.314 e. The average Bonchev–Trinajstić information content (AvgIpc) is 2.59. The highest BCUT2D eigenvalue weighted by molar-refractivity contribution is 5.87. The quantitative estimate of drug-likeness (QED) is 0.769. The van der Waals surface area contributed by atoms with Crippen LogP contribution in [0, 0.1) is 39.9 Å². The molecule has 0 fully saturated rings. The third kappa shape index (κ3) is 3.45. The minimum absolute atomic E-state index is 0.00692. The summed E-state index contributed by atoms with van der Waals surface area (Å²) >= 11 is 0. The summed E-state index contributed by atoms with van der Waals surface area (Å²) in [6, 6.07) is 7.99. The zero-order valence-electron chi connectivity index (χ0n) is 12.8. The normalized spacial score (nSPS) is 12.0. The van der Waals surface area contributed by atoms with Gasteiger partial charge in [-0.15, -0.1) is 0 Å². The summed E-state index contributed by atoms with van der Waals surface area (Å²) in [6.07, 6.45) is 0. The molecule has 0 aromatic heterocycles. The summed E-state index contributed by atoms with van der Waals surface area (Å²) in [5, 5.41) is 27.4. The molecule has 1 aromatic rings. The van der Waals surface area contributed by atoms with Crippen molar-refractivity contribution in [2.45, 2.75) is 12.8 Å². The van der Waals surface area contributed by atoms with Crippen LogP contribution in [0.15, 0.2) is 12.1 Å². The van der Waals surface area contributed by atoms with Crippen LogP contribution >= 0.6 is 0 Å². The topological polar surface area (TPSA) is 124 Å². The van der Waals surface area contributed by atoms with Crippen molar-refractivity contribution < 1.29 is 19.1 Å². The first-order valence-corrected chi connectivity index (χ1v) is 6.49. The van der Waals surface area contributed by atoms with Gasteiger partial charge in [-0.05, 0) is 17.7 Å². The molecule has 116 valence electrons. The van der Waals surface area contributed by atoms with Gasteiger partial charge in [0.1, 0.15) is 12.1 Å². The zero-order valence-corrected chi connectivity index (χ0v) is 12.8. The molecule has 0 radical (unpaired) electrons. The standard InChI is InChI=1S/C16H13N3O4/c1-9(15(20)22-2)14(16(21)23-3)13-5-11(7-18)10(6-17)4-12(13)8-19/h4-5,9,14H,1-3H3/t9-,14-/m0/s1. The molecule has 0 bridgehead atoms. The van der Waals surface area contributed by atoms with Gasteiger partial charge in [-0.3, -0.25) is 9.59 Å². The van der Waals surface area contributed by atoms with Gasteiger partial charge in [0.25, 0.3) is 0 Å². The molecule has 0 N–H and O–H groups in total. The van der Waals surface area contributed by atoms with Crippen molar-refractivity contribution >= 4 is 11.9 Å². The average molecular weight is 311 g/mol. The van der Waals surface area contributed by atoms with Crippen LogP contribution < -0.4 is 0 Å². The van der Waals surface area contributed by atoms with Gasteiger partial charge in [-0.25, -0.2) is 0 Å². The Balaban J connectivity index is 3.63. The highest BCUT2D eigenvalue weighted by atomic mass is 16.5. The molecule has 23 heavy (non-hydrogen) atoms. The Morgan fingerprint density at radius 2 is 1.39 bits per heavy atom. The number of benzene rings is 1. The first kappa shape index (κ1) is 17.7. The van der Waals surface area contributed by atoms with Crippen LogP contribution in [0.2, 0.25) is 0 Å². The first-order chi connectivity index (χ1) is 10.9. The van der Waals surface area contributed by atoms with E-state index < -0.39 is 23.8 Å². The largest absolute Gasteiger partial charge is 0.469 e. The van der Waals surface area contributed by atoms with Crippen molar-refractivity contribution in [3.8, 4) is 18.2 Å². The molecule has 0 spiro atoms. The number of carbonyl (C=O) groups is 2. The fraction of sp³-hybridized carbons (Fsp3) is 0.312. The molecule has 0 aliphatic carbocycles. The molecule has 0 saturated carbocycles. The summed E-state index contributed by atoms with van der Waals surface area (Å²) in [5.41, 5.74) is 0.189. The van der Waals surface area contributed by atoms with E-state index in [1.165, 1.54) is 26.2 Å². The molecule has 7 heteroatoms. The van der Waals surface area contributed by atoms with Gasteiger partial charge in [-0.1, -0.05) is 6.92 Å². The van der Waals surface area contributed by atoms with Crippen LogP contribution in [0.1, 0.15) is 35.1 Å². The fourth-order valence-electron chi connectivity index (χ4n) is 2.20. The molecule has 1 rings (SSSR count). The Morgan fingerprint density at radius 1 is 0.913 bits per heavy atom. The Hall–Kier alpha value is -3.37. The van der Waals surface area contributed by atoms with Gasteiger partial charge in [0.15, 0.2) is 0 Å². The van der Waals surface area contributed by atoms with Crippen LogP contribution in [0.4, 0.5) is 0 Å². The van der Waals surface area contributed by atoms with Crippen molar-refractivity contribution in [1.29, 1.82) is 15.8 Å². The summed E-state index contributed by atoms with van der Waals surface area (Å²) in [4.78, 5) is 23.9. The Kier molecular flexibility index (Phi) is 5.83. The van der Waals surface area contributed by atoms with E-state index in [0.717, 1.165) is 7.11 Å². The number of hydrogen-bond acceptors (Lipinski definition) is 7. The van der Waals surface area contributed by atoms with E-state index in [1.54, 1.807) is 0 Å². The maximum atomic E-state index is 12.1. The van der Waals surface area contributed by atoms with Crippen molar-refractivity contribution in [3.63, 3.8) is 0 Å². The van der Waals surface area contributed by atoms with Gasteiger partial charge >= 0.3 is 11.9 Å². The van der Waals surface area contributed by atoms with Crippen LogP contribution in [-0.2, 0) is 19.1 Å². The number of ether oxygens (including phenoxy) is 2. The van der Waals surface area contributed by atoms with Crippen LogP contribution in [-0.4, -0.2) is 26.2 Å². The number of rotatable bonds is 4. The lowest BCUT2D eigenvalue weighted by molar-refractivity contribution is -0.153. The summed E-state index contributed by atoms with van der Waals surface area (Å²) in [7, 11) is 2.33. The van der Waals surface area contributed by atoms with Gasteiger partial charge in [0.2, 0.25) is 0 Å². The number of nitriles is 3. The second kappa shape index (κ2) is 7.59. The lowest BCUT2D eigenvalue weighted by atomic mass is 9.83. The highest BCUT2D eigenvalue weighted by Gasteiger charge is 2.35. The zero-order chi connectivity index (χ0) is 17.6. The van der Waals surface area contributed by atoms with Crippen molar-refractivity contribution in [1.82, 2.24) is 0 Å². The van der Waals surface area contributed by atoms with E-state index >= 15 is 0 Å². The van der Waals surface area contributed by atoms with Gasteiger partial charge in [0, 0.05) is 0 Å². The van der Waals surface area contributed by atoms with Gasteiger partial charge < -0.3 is 9.47 Å². The molecule has 2 atom stereocenters. The van der Waals surface area contributed by atoms with Crippen LogP contribution in [0.3, 0.4) is 0 Å². The second-order valence-corrected chi connectivity index (χ2v) is 4.63. The fourth-order valence-corrected chi connectivity index (χ4v) is 2.20. The number of methoxy groups -OCH3 is 2. The SMILES string of the molecule is COC(=O)[C@@H](C)[C@H](C(=O)OC)c1cc(C#N)c(C#N)cc1C#N. The van der Waals surface area contributed by atoms with Crippen molar-refractivity contribution in [2.75, 3.05) is 14.2 Å². The second-order valence-electron chi connectivity index (χ2n) is 4.63. The third-order valence-electron chi connectivity index (χ3n) is 3.41. The molecule has 0 amide bonds. The van der Waals surface area contributed by atoms with E-state index in [2.05, 4.69) is 4.74 Å². The summed E-state index contributed by atoms with van der Waals surface area (Å²) < 4.78 is 9.35. The number of esters is 2. The molecule has 0 aliphatic rings. The number of hydrogen-bond donors (Lipinski definition) is 0. The highest BCUT2D eigenvalue weighted by Crippen LogP contribution is 2.31. The predicted octanol–water partition coefficient (Wildman–Crippen LogP) is 1.37. The molecular weight excluding hydrogens is 298 g/mol. The lowest BCUT2D eigenvalue weighted by Crippen LogP contribution is -2.28. The minimum atomic E-state index is -1.12. The third-order valence-corrected chi connectivity index (χ3v) is 3.41. The maximum absolute atomic E-state index is 12.1. The Morgan fingerprint density at radius 3 is 1.83 bits per heavy atom. The van der Waals surface area contributed by atoms with Crippen LogP contribution in [0.5, 0.6) is 0 Å². The number of nitrogens with zero attached hydrogens (tertiary/aromatic N) is 3. The summed E-state index contributed by atoms with van der Waals surface area (Å²) in [6.45, 7) is 1.46. The van der Waals surface area contributed by atoms with E-state index in [9.17, 15) is 14.9 Å². The molecule has 7 nitrogen and oxygen atoms in total. The molecule has 0 saturated heterocycles. The molecular formula is C16H13N3O4. The van der Waals surface area contributed by atoms with Crippen molar-refractivity contribution in [2.24, 2.45) is 5.92 Å². The predicted molar refractivity (Wildman–Crippen MR) is 76.5 cm³/mol.